The first-order valence-corrected chi connectivity index (χ1v) is 10.9. The fourth-order valence-corrected chi connectivity index (χ4v) is 6.09. The minimum absolute atomic E-state index is 0.0136. The summed E-state index contributed by atoms with van der Waals surface area (Å²) < 4.78 is 13.0. The lowest BCUT2D eigenvalue weighted by molar-refractivity contribution is -0.149. The fourth-order valence-electron chi connectivity index (χ4n) is 6.09. The Bertz CT molecular complexity index is 801. The molecule has 0 heterocycles. The van der Waals surface area contributed by atoms with Crippen LogP contribution in [0.1, 0.15) is 62.7 Å². The number of carbonyl (C=O) groups excluding carboxylic acids is 3. The highest BCUT2D eigenvalue weighted by Crippen LogP contribution is 2.60. The van der Waals surface area contributed by atoms with Crippen LogP contribution in [0.15, 0.2) is 24.3 Å². The molecule has 1 atom stereocenters. The number of benzene rings is 1. The van der Waals surface area contributed by atoms with Gasteiger partial charge in [0.2, 0.25) is 5.91 Å². The molecule has 0 unspecified atom stereocenters. The maximum atomic E-state index is 13.3. The Morgan fingerprint density at radius 3 is 1.97 bits per heavy atom. The highest BCUT2D eigenvalue weighted by atomic mass is 19.1. The Labute approximate surface area is 176 Å². The maximum Gasteiger partial charge on any atom is 0.269 e. The summed E-state index contributed by atoms with van der Waals surface area (Å²) in [5.74, 6) is 0.334. The van der Waals surface area contributed by atoms with Gasteiger partial charge in [-0.05, 0) is 86.5 Å². The van der Waals surface area contributed by atoms with E-state index in [0.717, 1.165) is 19.3 Å². The van der Waals surface area contributed by atoms with Crippen molar-refractivity contribution >= 4 is 17.7 Å². The molecule has 162 valence electrons. The fraction of sp³-hybridized carbons (Fsp3) is 0.609. The van der Waals surface area contributed by atoms with E-state index in [1.807, 2.05) is 13.8 Å². The zero-order chi connectivity index (χ0) is 21.5. The van der Waals surface area contributed by atoms with E-state index in [1.54, 1.807) is 0 Å². The molecule has 0 aromatic heterocycles. The van der Waals surface area contributed by atoms with Crippen molar-refractivity contribution in [1.29, 1.82) is 0 Å². The minimum Gasteiger partial charge on any atom is -0.344 e. The van der Waals surface area contributed by atoms with Crippen molar-refractivity contribution in [2.45, 2.75) is 58.4 Å². The van der Waals surface area contributed by atoms with Gasteiger partial charge in [-0.2, -0.15) is 0 Å². The lowest BCUT2D eigenvalue weighted by atomic mass is 9.49. The molecule has 5 rings (SSSR count). The van der Waals surface area contributed by atoms with Crippen LogP contribution in [0.4, 0.5) is 4.39 Å². The first-order chi connectivity index (χ1) is 14.3. The van der Waals surface area contributed by atoms with Gasteiger partial charge in [0.1, 0.15) is 11.9 Å². The third-order valence-electron chi connectivity index (χ3n) is 7.16. The Morgan fingerprint density at radius 1 is 0.933 bits per heavy atom. The second kappa shape index (κ2) is 8.00. The normalized spacial score (nSPS) is 30.1. The van der Waals surface area contributed by atoms with Crippen LogP contribution in [0.3, 0.4) is 0 Å². The van der Waals surface area contributed by atoms with Gasteiger partial charge >= 0.3 is 0 Å². The third kappa shape index (κ3) is 4.07. The molecule has 4 aliphatic rings. The van der Waals surface area contributed by atoms with E-state index >= 15 is 0 Å². The molecular formula is C23H30FN3O3. The Morgan fingerprint density at radius 2 is 1.47 bits per heavy atom. The molecule has 4 bridgehead atoms. The standard InChI is InChI=1S/C23H30FN3O3/c1-13(2)19(21(29)27-26-20(28)17-3-5-18(24)6-4-17)25-22(30)23-10-14-7-15(11-23)9-16(8-14)12-23/h3-6,13-16,19H,7-12H2,1-2H3,(H,25,30)(H,26,28)(H,27,29)/t14?,15?,16?,19-,23?/m0/s1. The van der Waals surface area contributed by atoms with Crippen LogP contribution >= 0.6 is 0 Å². The number of amides is 3. The molecule has 7 heteroatoms. The van der Waals surface area contributed by atoms with Gasteiger partial charge in [0.05, 0.1) is 0 Å². The summed E-state index contributed by atoms with van der Waals surface area (Å²) in [6.45, 7) is 3.73. The van der Waals surface area contributed by atoms with Gasteiger partial charge in [0, 0.05) is 11.0 Å². The Balaban J connectivity index is 1.37. The zero-order valence-electron chi connectivity index (χ0n) is 17.5. The van der Waals surface area contributed by atoms with Crippen LogP contribution in [-0.4, -0.2) is 23.8 Å². The number of nitrogens with one attached hydrogen (secondary N) is 3. The summed E-state index contributed by atoms with van der Waals surface area (Å²) in [6.07, 6.45) is 6.53. The highest BCUT2D eigenvalue weighted by molar-refractivity contribution is 5.96. The van der Waals surface area contributed by atoms with E-state index in [1.165, 1.54) is 43.5 Å². The number of hydrogen-bond donors (Lipinski definition) is 3. The first-order valence-electron chi connectivity index (χ1n) is 10.9. The summed E-state index contributed by atoms with van der Waals surface area (Å²) in [7, 11) is 0. The molecule has 1 aromatic rings. The molecule has 4 aliphatic carbocycles. The van der Waals surface area contributed by atoms with Crippen molar-refractivity contribution in [1.82, 2.24) is 16.2 Å². The molecule has 4 saturated carbocycles. The Kier molecular flexibility index (Phi) is 5.55. The van der Waals surface area contributed by atoms with Crippen LogP contribution < -0.4 is 16.2 Å². The van der Waals surface area contributed by atoms with Crippen LogP contribution in [0.5, 0.6) is 0 Å². The Hall–Kier alpha value is -2.44. The first kappa shape index (κ1) is 20.8. The summed E-state index contributed by atoms with van der Waals surface area (Å²) >= 11 is 0. The monoisotopic (exact) mass is 415 g/mol. The summed E-state index contributed by atoms with van der Waals surface area (Å²) in [5, 5.41) is 2.99. The molecule has 30 heavy (non-hydrogen) atoms. The SMILES string of the molecule is CC(C)[C@H](NC(=O)C12CC3CC(CC(C3)C1)C2)C(=O)NNC(=O)c1ccc(F)cc1. The van der Waals surface area contributed by atoms with Gasteiger partial charge < -0.3 is 5.32 Å². The quantitative estimate of drug-likeness (QED) is 0.646. The molecule has 1 aromatic carbocycles. The molecule has 0 spiro atoms. The van der Waals surface area contributed by atoms with Gasteiger partial charge in [0.25, 0.3) is 11.8 Å². The van der Waals surface area contributed by atoms with E-state index in [2.05, 4.69) is 16.2 Å². The summed E-state index contributed by atoms with van der Waals surface area (Å²) in [4.78, 5) is 38.2. The summed E-state index contributed by atoms with van der Waals surface area (Å²) in [5.41, 5.74) is 4.66. The minimum atomic E-state index is -0.737. The predicted octanol–water partition coefficient (Wildman–Crippen LogP) is 2.94. The maximum absolute atomic E-state index is 13.3. The number of hydrogen-bond acceptors (Lipinski definition) is 3. The van der Waals surface area contributed by atoms with Crippen molar-refractivity contribution in [2.75, 3.05) is 0 Å². The van der Waals surface area contributed by atoms with Crippen LogP contribution in [0, 0.1) is 34.9 Å². The van der Waals surface area contributed by atoms with Crippen molar-refractivity contribution in [3.8, 4) is 0 Å². The molecular weight excluding hydrogens is 385 g/mol. The lowest BCUT2D eigenvalue weighted by Crippen LogP contribution is -2.59. The van der Waals surface area contributed by atoms with Crippen molar-refractivity contribution in [2.24, 2.45) is 29.1 Å². The van der Waals surface area contributed by atoms with Gasteiger partial charge in [-0.15, -0.1) is 0 Å². The average molecular weight is 416 g/mol. The van der Waals surface area contributed by atoms with Crippen LogP contribution in [0.2, 0.25) is 0 Å². The van der Waals surface area contributed by atoms with Crippen LogP contribution in [0.25, 0.3) is 0 Å². The number of carbonyl (C=O) groups is 3. The van der Waals surface area contributed by atoms with Gasteiger partial charge in [-0.1, -0.05) is 13.8 Å². The van der Waals surface area contributed by atoms with Crippen LogP contribution in [-0.2, 0) is 9.59 Å². The second-order valence-electron chi connectivity index (χ2n) is 9.84. The molecule has 6 nitrogen and oxygen atoms in total. The lowest BCUT2D eigenvalue weighted by Gasteiger charge is -2.55. The van der Waals surface area contributed by atoms with Crippen molar-refractivity contribution in [3.63, 3.8) is 0 Å². The zero-order valence-corrected chi connectivity index (χ0v) is 17.5. The molecule has 3 amide bonds. The van der Waals surface area contributed by atoms with Gasteiger partial charge in [0.15, 0.2) is 0 Å². The van der Waals surface area contributed by atoms with E-state index in [0.29, 0.717) is 17.8 Å². The van der Waals surface area contributed by atoms with E-state index in [9.17, 15) is 18.8 Å². The van der Waals surface area contributed by atoms with Gasteiger partial charge in [-0.3, -0.25) is 25.2 Å². The smallest absolute Gasteiger partial charge is 0.269 e. The second-order valence-corrected chi connectivity index (χ2v) is 9.84. The molecule has 4 fully saturated rings. The van der Waals surface area contributed by atoms with E-state index in [4.69, 9.17) is 0 Å². The largest absolute Gasteiger partial charge is 0.344 e. The predicted molar refractivity (Wildman–Crippen MR) is 109 cm³/mol. The molecule has 0 saturated heterocycles. The number of hydrazine groups is 1. The molecule has 0 radical (unpaired) electrons. The van der Waals surface area contributed by atoms with E-state index in [-0.39, 0.29) is 22.8 Å². The van der Waals surface area contributed by atoms with Crippen molar-refractivity contribution in [3.05, 3.63) is 35.6 Å². The number of rotatable bonds is 5. The molecule has 0 aliphatic heterocycles. The topological polar surface area (TPSA) is 87.3 Å². The van der Waals surface area contributed by atoms with Gasteiger partial charge in [-0.25, -0.2) is 4.39 Å². The summed E-state index contributed by atoms with van der Waals surface area (Å²) in [6, 6.07) is 4.30. The molecule has 3 N–H and O–H groups in total. The highest BCUT2D eigenvalue weighted by Gasteiger charge is 2.55. The van der Waals surface area contributed by atoms with E-state index < -0.39 is 23.7 Å². The average Bonchev–Trinajstić information content (AvgIpc) is 2.69. The van der Waals surface area contributed by atoms with Crippen molar-refractivity contribution < 1.29 is 18.8 Å². The number of halogens is 1. The third-order valence-corrected chi connectivity index (χ3v) is 7.16.